The van der Waals surface area contributed by atoms with Gasteiger partial charge in [0, 0.05) is 32.0 Å². The molecule has 0 saturated heterocycles. The largest absolute Gasteiger partial charge is 0.456 e. The van der Waals surface area contributed by atoms with E-state index < -0.39 is 5.97 Å². The summed E-state index contributed by atoms with van der Waals surface area (Å²) in [5, 5.41) is 2.50. The van der Waals surface area contributed by atoms with E-state index in [4.69, 9.17) is 4.74 Å². The van der Waals surface area contributed by atoms with Crippen LogP contribution in [0.25, 0.3) is 5.69 Å². The van der Waals surface area contributed by atoms with Crippen LogP contribution in [-0.2, 0) is 9.53 Å². The number of Topliss-reactive ketones (excluding diaryl/α,β-unsaturated/α-hetero) is 1. The molecule has 1 N–H and O–H groups in total. The average molecular weight is 489 g/mol. The van der Waals surface area contributed by atoms with Gasteiger partial charge in [-0.1, -0.05) is 15.9 Å². The molecule has 156 valence electrons. The predicted octanol–water partition coefficient (Wildman–Crippen LogP) is 4.38. The highest BCUT2D eigenvalue weighted by atomic mass is 79.9. The van der Waals surface area contributed by atoms with Crippen LogP contribution < -0.4 is 5.32 Å². The molecule has 2 aromatic heterocycles. The van der Waals surface area contributed by atoms with Gasteiger partial charge < -0.3 is 14.6 Å². The van der Waals surface area contributed by atoms with Gasteiger partial charge in [-0.05, 0) is 63.2 Å². The van der Waals surface area contributed by atoms with E-state index in [2.05, 4.69) is 21.2 Å². The number of thiophene rings is 1. The number of carbonyl (C=O) groups excluding carboxylic acids is 3. The Hall–Kier alpha value is -2.71. The van der Waals surface area contributed by atoms with Crippen LogP contribution in [0, 0.1) is 20.8 Å². The summed E-state index contributed by atoms with van der Waals surface area (Å²) >= 11 is 4.76. The van der Waals surface area contributed by atoms with Crippen molar-refractivity contribution in [2.45, 2.75) is 20.8 Å². The van der Waals surface area contributed by atoms with Crippen molar-refractivity contribution in [1.29, 1.82) is 0 Å². The van der Waals surface area contributed by atoms with Gasteiger partial charge >= 0.3 is 5.97 Å². The minimum atomic E-state index is -0.660. The van der Waals surface area contributed by atoms with Crippen molar-refractivity contribution in [2.24, 2.45) is 0 Å². The molecule has 3 rings (SSSR count). The van der Waals surface area contributed by atoms with Crippen molar-refractivity contribution in [1.82, 2.24) is 9.88 Å². The van der Waals surface area contributed by atoms with Gasteiger partial charge in [-0.3, -0.25) is 14.4 Å². The molecule has 2 heterocycles. The second kappa shape index (κ2) is 9.40. The third-order valence-corrected chi connectivity index (χ3v) is 6.07. The highest BCUT2D eigenvalue weighted by Crippen LogP contribution is 2.23. The number of ketones is 1. The van der Waals surface area contributed by atoms with E-state index in [9.17, 15) is 14.4 Å². The molecule has 1 amide bonds. The van der Waals surface area contributed by atoms with Gasteiger partial charge in [0.05, 0.1) is 4.88 Å². The standard InChI is InChI=1S/C22H21BrN2O4S/c1-13-10-18(15(3)25(13)17-7-5-16(23)6-8-17)19(26)12-29-21(27)11-24-22(28)20-9-4-14(2)30-20/h4-10H,11-12H2,1-3H3,(H,24,28). The number of nitrogens with zero attached hydrogens (tertiary/aromatic N) is 1. The van der Waals surface area contributed by atoms with Crippen LogP contribution in [0.2, 0.25) is 0 Å². The normalized spacial score (nSPS) is 10.7. The first-order chi connectivity index (χ1) is 14.3. The summed E-state index contributed by atoms with van der Waals surface area (Å²) in [6, 6.07) is 13.1. The minimum Gasteiger partial charge on any atom is -0.456 e. The first kappa shape index (κ1) is 22.0. The molecule has 8 heteroatoms. The van der Waals surface area contributed by atoms with Gasteiger partial charge in [0.25, 0.3) is 5.91 Å². The highest BCUT2D eigenvalue weighted by Gasteiger charge is 2.18. The quantitative estimate of drug-likeness (QED) is 0.395. The van der Waals surface area contributed by atoms with E-state index in [1.807, 2.05) is 55.7 Å². The SMILES string of the molecule is Cc1ccc(C(=O)NCC(=O)OCC(=O)c2cc(C)n(-c3ccc(Br)cc3)c2C)s1. The average Bonchev–Trinajstić information content (AvgIpc) is 3.28. The van der Waals surface area contributed by atoms with Crippen LogP contribution in [0.15, 0.2) is 46.9 Å². The molecule has 0 aliphatic rings. The van der Waals surface area contributed by atoms with Crippen LogP contribution in [-0.4, -0.2) is 35.4 Å². The molecular weight excluding hydrogens is 468 g/mol. The van der Waals surface area contributed by atoms with Crippen LogP contribution in [0.1, 0.15) is 36.3 Å². The number of hydrogen-bond acceptors (Lipinski definition) is 5. The van der Waals surface area contributed by atoms with Crippen LogP contribution in [0.4, 0.5) is 0 Å². The third-order valence-electron chi connectivity index (χ3n) is 4.54. The fourth-order valence-electron chi connectivity index (χ4n) is 3.10. The Kier molecular flexibility index (Phi) is 6.89. The molecule has 0 radical (unpaired) electrons. The molecule has 0 aliphatic heterocycles. The molecule has 0 saturated carbocycles. The Balaban J connectivity index is 1.58. The molecular formula is C22H21BrN2O4S. The summed E-state index contributed by atoms with van der Waals surface area (Å²) in [7, 11) is 0. The predicted molar refractivity (Wildman–Crippen MR) is 120 cm³/mol. The lowest BCUT2D eigenvalue weighted by molar-refractivity contribution is -0.141. The van der Waals surface area contributed by atoms with E-state index in [0.29, 0.717) is 10.4 Å². The number of aromatic nitrogens is 1. The molecule has 0 aliphatic carbocycles. The molecule has 6 nitrogen and oxygen atoms in total. The summed E-state index contributed by atoms with van der Waals surface area (Å²) in [6.07, 6.45) is 0. The van der Waals surface area contributed by atoms with Crippen LogP contribution >= 0.6 is 27.3 Å². The number of halogens is 1. The van der Waals surface area contributed by atoms with Crippen molar-refractivity contribution in [2.75, 3.05) is 13.2 Å². The Labute approximate surface area is 187 Å². The second-order valence-electron chi connectivity index (χ2n) is 6.77. The molecule has 0 spiro atoms. The zero-order valence-electron chi connectivity index (χ0n) is 16.8. The Morgan fingerprint density at radius 3 is 2.40 bits per heavy atom. The summed E-state index contributed by atoms with van der Waals surface area (Å²) in [5.74, 6) is -1.29. The smallest absolute Gasteiger partial charge is 0.325 e. The molecule has 0 atom stereocenters. The van der Waals surface area contributed by atoms with E-state index in [-0.39, 0.29) is 24.8 Å². The van der Waals surface area contributed by atoms with Crippen molar-refractivity contribution in [3.05, 3.63) is 73.6 Å². The van der Waals surface area contributed by atoms with Crippen molar-refractivity contribution >= 4 is 44.9 Å². The molecule has 0 bridgehead atoms. The summed E-state index contributed by atoms with van der Waals surface area (Å²) in [4.78, 5) is 38.0. The fraction of sp³-hybridized carbons (Fsp3) is 0.227. The van der Waals surface area contributed by atoms with E-state index >= 15 is 0 Å². The first-order valence-corrected chi connectivity index (χ1v) is 10.9. The van der Waals surface area contributed by atoms with Gasteiger partial charge in [-0.25, -0.2) is 0 Å². The number of amides is 1. The number of nitrogens with one attached hydrogen (secondary N) is 1. The number of ether oxygens (including phenoxy) is 1. The highest BCUT2D eigenvalue weighted by molar-refractivity contribution is 9.10. The van der Waals surface area contributed by atoms with Crippen LogP contribution in [0.3, 0.4) is 0 Å². The maximum atomic E-state index is 12.6. The van der Waals surface area contributed by atoms with E-state index in [1.54, 1.807) is 12.1 Å². The summed E-state index contributed by atoms with van der Waals surface area (Å²) in [6.45, 7) is 5.00. The van der Waals surface area contributed by atoms with E-state index in [0.717, 1.165) is 26.4 Å². The maximum absolute atomic E-state index is 12.6. The number of hydrogen-bond donors (Lipinski definition) is 1. The fourth-order valence-corrected chi connectivity index (χ4v) is 4.15. The zero-order chi connectivity index (χ0) is 21.8. The Bertz CT molecular complexity index is 1100. The monoisotopic (exact) mass is 488 g/mol. The molecule has 30 heavy (non-hydrogen) atoms. The molecule has 0 fully saturated rings. The number of rotatable bonds is 7. The first-order valence-electron chi connectivity index (χ1n) is 9.24. The van der Waals surface area contributed by atoms with Crippen LogP contribution in [0.5, 0.6) is 0 Å². The lowest BCUT2D eigenvalue weighted by atomic mass is 10.1. The molecule has 0 unspecified atom stereocenters. The number of carbonyl (C=O) groups is 3. The molecule has 1 aromatic carbocycles. The Morgan fingerprint density at radius 2 is 1.77 bits per heavy atom. The minimum absolute atomic E-state index is 0.291. The van der Waals surface area contributed by atoms with Gasteiger partial charge in [0.2, 0.25) is 5.78 Å². The zero-order valence-corrected chi connectivity index (χ0v) is 19.2. The third kappa shape index (κ3) is 5.06. The van der Waals surface area contributed by atoms with Crippen molar-refractivity contribution < 1.29 is 19.1 Å². The number of aryl methyl sites for hydroxylation is 2. The van der Waals surface area contributed by atoms with Gasteiger partial charge in [0.15, 0.2) is 6.61 Å². The van der Waals surface area contributed by atoms with E-state index in [1.165, 1.54) is 11.3 Å². The summed E-state index contributed by atoms with van der Waals surface area (Å²) < 4.78 is 8.01. The van der Waals surface area contributed by atoms with Crippen molar-refractivity contribution in [3.63, 3.8) is 0 Å². The topological polar surface area (TPSA) is 77.4 Å². The lowest BCUT2D eigenvalue weighted by Gasteiger charge is -2.10. The van der Waals surface area contributed by atoms with Gasteiger partial charge in [-0.2, -0.15) is 0 Å². The van der Waals surface area contributed by atoms with Crippen molar-refractivity contribution in [3.8, 4) is 5.69 Å². The maximum Gasteiger partial charge on any atom is 0.325 e. The van der Waals surface area contributed by atoms with Gasteiger partial charge in [-0.15, -0.1) is 11.3 Å². The Morgan fingerprint density at radius 1 is 1.07 bits per heavy atom. The second-order valence-corrected chi connectivity index (χ2v) is 8.98. The lowest BCUT2D eigenvalue weighted by Crippen LogP contribution is -2.31. The summed E-state index contributed by atoms with van der Waals surface area (Å²) in [5.41, 5.74) is 3.12. The molecule has 3 aromatic rings. The number of esters is 1. The number of benzene rings is 1. The van der Waals surface area contributed by atoms with Gasteiger partial charge in [0.1, 0.15) is 6.54 Å².